The zero-order valence-electron chi connectivity index (χ0n) is 18.4. The van der Waals surface area contributed by atoms with Gasteiger partial charge >= 0.3 is 5.97 Å². The molecule has 0 heterocycles. The summed E-state index contributed by atoms with van der Waals surface area (Å²) in [5, 5.41) is 12.3. The van der Waals surface area contributed by atoms with Crippen LogP contribution in [-0.2, 0) is 15.8 Å². The predicted molar refractivity (Wildman–Crippen MR) is 127 cm³/mol. The molecule has 0 bridgehead atoms. The van der Waals surface area contributed by atoms with E-state index in [4.69, 9.17) is 0 Å². The number of carbonyl (C=O) groups is 1. The largest absolute Gasteiger partial charge is 0.481 e. The van der Waals surface area contributed by atoms with Gasteiger partial charge in [-0.05, 0) is 40.2 Å². The van der Waals surface area contributed by atoms with Crippen molar-refractivity contribution in [3.63, 3.8) is 0 Å². The number of fused-ring (bicyclic) bond motifs is 1. The second-order valence-electron chi connectivity index (χ2n) is 9.30. The van der Waals surface area contributed by atoms with E-state index < -0.39 is 30.3 Å². The van der Waals surface area contributed by atoms with Gasteiger partial charge in [-0.15, -0.1) is 0 Å². The molecule has 0 saturated carbocycles. The number of rotatable bonds is 8. The fraction of sp³-hybridized carbons (Fsp3) is 0.346. The van der Waals surface area contributed by atoms with Crippen LogP contribution in [0.4, 0.5) is 0 Å². The first-order valence-electron chi connectivity index (χ1n) is 10.7. The second kappa shape index (κ2) is 9.38. The lowest BCUT2D eigenvalue weighted by Gasteiger charge is -2.38. The molecule has 3 atom stereocenters. The van der Waals surface area contributed by atoms with Gasteiger partial charge in [0.15, 0.2) is 0 Å². The van der Waals surface area contributed by atoms with Crippen LogP contribution in [0.5, 0.6) is 0 Å². The Morgan fingerprint density at radius 2 is 1.55 bits per heavy atom. The van der Waals surface area contributed by atoms with Crippen molar-refractivity contribution in [3.05, 3.63) is 83.9 Å². The van der Waals surface area contributed by atoms with Crippen molar-refractivity contribution in [3.8, 4) is 0 Å². The molecule has 3 aromatic rings. The topological polar surface area (TPSA) is 74.6 Å². The van der Waals surface area contributed by atoms with Crippen LogP contribution >= 0.6 is 7.37 Å². The van der Waals surface area contributed by atoms with E-state index in [2.05, 4.69) is 30.3 Å². The average molecular weight is 439 g/mol. The summed E-state index contributed by atoms with van der Waals surface area (Å²) < 4.78 is 13.6. The molecule has 0 amide bonds. The average Bonchev–Trinajstić information content (AvgIpc) is 2.71. The highest BCUT2D eigenvalue weighted by Gasteiger charge is 2.48. The van der Waals surface area contributed by atoms with E-state index in [-0.39, 0.29) is 6.16 Å². The molecule has 3 unspecified atom stereocenters. The fourth-order valence-electron chi connectivity index (χ4n) is 4.50. The third-order valence-electron chi connectivity index (χ3n) is 5.82. The van der Waals surface area contributed by atoms with Crippen molar-refractivity contribution in [1.82, 2.24) is 0 Å². The summed E-state index contributed by atoms with van der Waals surface area (Å²) in [5.41, 5.74) is 0.158. The van der Waals surface area contributed by atoms with Crippen LogP contribution in [0.3, 0.4) is 0 Å². The lowest BCUT2D eigenvalue weighted by Crippen LogP contribution is -2.37. The number of benzene rings is 3. The van der Waals surface area contributed by atoms with Gasteiger partial charge in [0.2, 0.25) is 7.37 Å². The molecule has 0 fully saturated rings. The Balaban J connectivity index is 1.81. The molecular weight excluding hydrogens is 407 g/mol. The molecule has 3 aromatic carbocycles. The molecule has 164 valence electrons. The molecule has 0 aliphatic rings. The van der Waals surface area contributed by atoms with Gasteiger partial charge in [-0.1, -0.05) is 93.6 Å². The van der Waals surface area contributed by atoms with Gasteiger partial charge in [0.25, 0.3) is 0 Å². The van der Waals surface area contributed by atoms with Crippen LogP contribution in [0.2, 0.25) is 0 Å². The molecule has 4 nitrogen and oxygen atoms in total. The molecule has 31 heavy (non-hydrogen) atoms. The number of carboxylic acids is 1. The minimum atomic E-state index is -3.77. The van der Waals surface area contributed by atoms with Crippen LogP contribution in [-0.4, -0.2) is 27.8 Å². The van der Waals surface area contributed by atoms with E-state index in [9.17, 15) is 19.4 Å². The van der Waals surface area contributed by atoms with E-state index in [1.807, 2.05) is 39.0 Å². The van der Waals surface area contributed by atoms with E-state index in [1.165, 1.54) is 5.39 Å². The molecule has 0 aliphatic carbocycles. The van der Waals surface area contributed by atoms with Crippen molar-refractivity contribution in [1.29, 1.82) is 0 Å². The number of aliphatic carboxylic acids is 1. The number of hydrogen-bond acceptors (Lipinski definition) is 2. The van der Waals surface area contributed by atoms with Gasteiger partial charge in [-0.3, -0.25) is 9.36 Å². The summed E-state index contributed by atoms with van der Waals surface area (Å²) >= 11 is 0. The third-order valence-corrected chi connectivity index (χ3v) is 8.72. The Labute approximate surface area is 184 Å². The summed E-state index contributed by atoms with van der Waals surface area (Å²) in [7, 11) is -3.77. The molecule has 3 rings (SSSR count). The number of aryl methyl sites for hydroxylation is 1. The maximum Gasteiger partial charge on any atom is 0.311 e. The highest BCUT2D eigenvalue weighted by Crippen LogP contribution is 2.59. The van der Waals surface area contributed by atoms with Crippen molar-refractivity contribution in [2.45, 2.75) is 45.2 Å². The Morgan fingerprint density at radius 3 is 2.16 bits per heavy atom. The predicted octanol–water partition coefficient (Wildman–Crippen LogP) is 6.33. The second-order valence-corrected chi connectivity index (χ2v) is 11.8. The highest BCUT2D eigenvalue weighted by molar-refractivity contribution is 7.58. The van der Waals surface area contributed by atoms with Crippen LogP contribution in [0, 0.1) is 5.41 Å². The van der Waals surface area contributed by atoms with Gasteiger partial charge in [0.1, 0.15) is 0 Å². The third kappa shape index (κ3) is 5.64. The SMILES string of the molecule is CC(C)(C)C(C(C(=O)O)c1ccccc1)P(=O)(O)CCCc1ccc2ccccc2c1. The molecule has 0 radical (unpaired) electrons. The smallest absolute Gasteiger partial charge is 0.311 e. The standard InChI is InChI=1S/C26H31O4P/c1-26(2,3)24(23(25(27)28)21-12-5-4-6-13-21)31(29,30)17-9-10-19-15-16-20-11-7-8-14-22(20)18-19/h4-8,11-16,18,23-24H,9-10,17H2,1-3H3,(H,27,28)(H,29,30). The van der Waals surface area contributed by atoms with Crippen molar-refractivity contribution < 1.29 is 19.4 Å². The minimum absolute atomic E-state index is 0.0956. The van der Waals surface area contributed by atoms with E-state index in [0.29, 0.717) is 18.4 Å². The first-order valence-corrected chi connectivity index (χ1v) is 12.6. The molecule has 0 spiro atoms. The molecule has 2 N–H and O–H groups in total. The van der Waals surface area contributed by atoms with Crippen molar-refractivity contribution >= 4 is 24.1 Å². The Bertz CT molecular complexity index is 1090. The maximum atomic E-state index is 13.6. The fourth-order valence-corrected chi connectivity index (χ4v) is 7.37. The van der Waals surface area contributed by atoms with E-state index in [0.717, 1.165) is 10.9 Å². The summed E-state index contributed by atoms with van der Waals surface area (Å²) in [4.78, 5) is 23.4. The molecule has 0 aromatic heterocycles. The van der Waals surface area contributed by atoms with Gasteiger partial charge in [-0.25, -0.2) is 0 Å². The van der Waals surface area contributed by atoms with Crippen LogP contribution in [0.1, 0.15) is 44.2 Å². The monoisotopic (exact) mass is 438 g/mol. The lowest BCUT2D eigenvalue weighted by atomic mass is 9.80. The van der Waals surface area contributed by atoms with Gasteiger partial charge in [0.05, 0.1) is 11.6 Å². The maximum absolute atomic E-state index is 13.6. The molecule has 0 aliphatic heterocycles. The molecule has 0 saturated heterocycles. The zero-order valence-corrected chi connectivity index (χ0v) is 19.3. The number of carboxylic acid groups (broad SMARTS) is 1. The summed E-state index contributed by atoms with van der Waals surface area (Å²) in [6.45, 7) is 5.55. The van der Waals surface area contributed by atoms with E-state index >= 15 is 0 Å². The first kappa shape index (κ1) is 23.2. The summed E-state index contributed by atoms with van der Waals surface area (Å²) in [5.74, 6) is -2.09. The van der Waals surface area contributed by atoms with E-state index in [1.54, 1.807) is 24.3 Å². The normalized spacial score (nSPS) is 15.9. The summed E-state index contributed by atoms with van der Waals surface area (Å²) in [6, 6.07) is 23.2. The Hall–Kier alpha value is -2.42. The highest BCUT2D eigenvalue weighted by atomic mass is 31.2. The van der Waals surface area contributed by atoms with Gasteiger partial charge in [-0.2, -0.15) is 0 Å². The van der Waals surface area contributed by atoms with Crippen LogP contribution in [0.15, 0.2) is 72.8 Å². The van der Waals surface area contributed by atoms with Crippen molar-refractivity contribution in [2.24, 2.45) is 5.41 Å². The zero-order chi connectivity index (χ0) is 22.6. The molecular formula is C26H31O4P. The minimum Gasteiger partial charge on any atom is -0.481 e. The lowest BCUT2D eigenvalue weighted by molar-refractivity contribution is -0.139. The van der Waals surface area contributed by atoms with Crippen molar-refractivity contribution in [2.75, 3.05) is 6.16 Å². The quantitative estimate of drug-likeness (QED) is 0.403. The summed E-state index contributed by atoms with van der Waals surface area (Å²) in [6.07, 6.45) is 1.30. The van der Waals surface area contributed by atoms with Gasteiger partial charge in [0, 0.05) is 6.16 Å². The van der Waals surface area contributed by atoms with Crippen LogP contribution < -0.4 is 0 Å². The number of hydrogen-bond donors (Lipinski definition) is 2. The van der Waals surface area contributed by atoms with Crippen LogP contribution in [0.25, 0.3) is 10.8 Å². The first-order chi connectivity index (χ1) is 14.6. The Morgan fingerprint density at radius 1 is 0.935 bits per heavy atom. The molecule has 5 heteroatoms. The van der Waals surface area contributed by atoms with Gasteiger partial charge < -0.3 is 10.00 Å². The Kier molecular flexibility index (Phi) is 7.03.